The van der Waals surface area contributed by atoms with Gasteiger partial charge in [-0.25, -0.2) is 9.37 Å². The Kier molecular flexibility index (Phi) is 4.62. The molecule has 8 heteroatoms. The maximum Gasteiger partial charge on any atom is 0.259 e. The Morgan fingerprint density at radius 1 is 1.21 bits per heavy atom. The number of hydrogen-bond acceptors (Lipinski definition) is 5. The molecule has 0 aliphatic rings. The van der Waals surface area contributed by atoms with Crippen LogP contribution in [-0.4, -0.2) is 25.8 Å². The Balaban J connectivity index is 1.75. The molecule has 7 nitrogen and oxygen atoms in total. The van der Waals surface area contributed by atoms with E-state index < -0.39 is 0 Å². The SMILES string of the molecule is Cc1nn(C)cc1C(C)NC(=O)c1cc(-c2ccc(F)cc2)nc2onc(C)c12. The summed E-state index contributed by atoms with van der Waals surface area (Å²) in [6.07, 6.45) is 1.89. The molecule has 1 unspecified atom stereocenters. The van der Waals surface area contributed by atoms with Gasteiger partial charge in [-0.05, 0) is 51.1 Å². The summed E-state index contributed by atoms with van der Waals surface area (Å²) in [7, 11) is 1.84. The first kappa shape index (κ1) is 18.8. The van der Waals surface area contributed by atoms with Crippen LogP contribution in [0.1, 0.15) is 40.3 Å². The highest BCUT2D eigenvalue weighted by atomic mass is 19.1. The number of nitrogens with zero attached hydrogens (tertiary/aromatic N) is 4. The van der Waals surface area contributed by atoms with Gasteiger partial charge in [0, 0.05) is 24.4 Å². The molecule has 29 heavy (non-hydrogen) atoms. The second-order valence-electron chi connectivity index (χ2n) is 7.05. The lowest BCUT2D eigenvalue weighted by Gasteiger charge is -2.14. The van der Waals surface area contributed by atoms with Gasteiger partial charge in [0.25, 0.3) is 11.6 Å². The number of hydrogen-bond donors (Lipinski definition) is 1. The molecule has 1 amide bonds. The van der Waals surface area contributed by atoms with Crippen LogP contribution in [0.15, 0.2) is 41.1 Å². The molecule has 148 valence electrons. The lowest BCUT2D eigenvalue weighted by molar-refractivity contribution is 0.0941. The maximum absolute atomic E-state index is 13.3. The number of rotatable bonds is 4. The van der Waals surface area contributed by atoms with Gasteiger partial charge in [0.2, 0.25) is 0 Å². The van der Waals surface area contributed by atoms with E-state index in [0.29, 0.717) is 27.9 Å². The molecule has 0 radical (unpaired) electrons. The van der Waals surface area contributed by atoms with Crippen LogP contribution in [-0.2, 0) is 7.05 Å². The summed E-state index contributed by atoms with van der Waals surface area (Å²) < 4.78 is 20.3. The highest BCUT2D eigenvalue weighted by molar-refractivity contribution is 6.07. The smallest absolute Gasteiger partial charge is 0.259 e. The molecular formula is C21H20FN5O2. The summed E-state index contributed by atoms with van der Waals surface area (Å²) in [6.45, 7) is 5.57. The Hall–Kier alpha value is -3.55. The molecule has 0 bridgehead atoms. The second kappa shape index (κ2) is 7.12. The van der Waals surface area contributed by atoms with Crippen LogP contribution in [0, 0.1) is 19.7 Å². The molecule has 1 N–H and O–H groups in total. The summed E-state index contributed by atoms with van der Waals surface area (Å²) in [5.41, 5.74) is 4.21. The molecule has 0 aliphatic heterocycles. The van der Waals surface area contributed by atoms with Crippen molar-refractivity contribution in [3.8, 4) is 11.3 Å². The first-order valence-electron chi connectivity index (χ1n) is 9.17. The number of amides is 1. The number of aryl methyl sites for hydroxylation is 3. The maximum atomic E-state index is 13.3. The van der Waals surface area contributed by atoms with E-state index in [4.69, 9.17) is 4.52 Å². The minimum atomic E-state index is -0.344. The molecule has 0 fully saturated rings. The molecule has 3 heterocycles. The molecule has 1 aromatic carbocycles. The molecule has 4 aromatic rings. The van der Waals surface area contributed by atoms with Gasteiger partial charge < -0.3 is 9.84 Å². The van der Waals surface area contributed by atoms with E-state index >= 15 is 0 Å². The standard InChI is InChI=1S/C21H20FN5O2/c1-11(17-10-27(4)25-12(17)2)23-20(28)16-9-18(14-5-7-15(22)8-6-14)24-21-19(16)13(3)26-29-21/h5-11H,1-4H3,(H,23,28). The minimum Gasteiger partial charge on any atom is -0.345 e. The van der Waals surface area contributed by atoms with Crippen LogP contribution in [0.25, 0.3) is 22.4 Å². The predicted octanol–water partition coefficient (Wildman–Crippen LogP) is 3.87. The number of benzene rings is 1. The third-order valence-electron chi connectivity index (χ3n) is 4.87. The Morgan fingerprint density at radius 3 is 2.59 bits per heavy atom. The van der Waals surface area contributed by atoms with Gasteiger partial charge >= 0.3 is 0 Å². The van der Waals surface area contributed by atoms with Gasteiger partial charge in [0.05, 0.1) is 34.1 Å². The monoisotopic (exact) mass is 393 g/mol. The normalized spacial score (nSPS) is 12.3. The third kappa shape index (κ3) is 3.49. The van der Waals surface area contributed by atoms with Crippen LogP contribution in [0.3, 0.4) is 0 Å². The largest absolute Gasteiger partial charge is 0.345 e. The van der Waals surface area contributed by atoms with Crippen molar-refractivity contribution in [2.45, 2.75) is 26.8 Å². The van der Waals surface area contributed by atoms with E-state index in [-0.39, 0.29) is 23.5 Å². The Labute approximate surface area is 166 Å². The molecule has 0 saturated heterocycles. The van der Waals surface area contributed by atoms with E-state index in [0.717, 1.165) is 11.3 Å². The number of fused-ring (bicyclic) bond motifs is 1. The highest BCUT2D eigenvalue weighted by Gasteiger charge is 2.22. The summed E-state index contributed by atoms with van der Waals surface area (Å²) in [6, 6.07) is 7.35. The fourth-order valence-corrected chi connectivity index (χ4v) is 3.44. The summed E-state index contributed by atoms with van der Waals surface area (Å²) in [5, 5.41) is 11.9. The van der Waals surface area contributed by atoms with E-state index in [1.807, 2.05) is 27.1 Å². The van der Waals surface area contributed by atoms with Gasteiger partial charge in [0.1, 0.15) is 5.82 Å². The van der Waals surface area contributed by atoms with E-state index in [9.17, 15) is 9.18 Å². The highest BCUT2D eigenvalue weighted by Crippen LogP contribution is 2.28. The van der Waals surface area contributed by atoms with Crippen LogP contribution in [0.5, 0.6) is 0 Å². The average Bonchev–Trinajstić information content (AvgIpc) is 3.23. The van der Waals surface area contributed by atoms with Crippen molar-refractivity contribution in [2.24, 2.45) is 7.05 Å². The van der Waals surface area contributed by atoms with Gasteiger partial charge in [-0.1, -0.05) is 5.16 Å². The Bertz CT molecular complexity index is 1210. The number of nitrogens with one attached hydrogen (secondary N) is 1. The molecule has 1 atom stereocenters. The molecule has 0 saturated carbocycles. The van der Waals surface area contributed by atoms with Crippen LogP contribution in [0.4, 0.5) is 4.39 Å². The molecule has 3 aromatic heterocycles. The first-order valence-corrected chi connectivity index (χ1v) is 9.17. The lowest BCUT2D eigenvalue weighted by atomic mass is 10.0. The fourth-order valence-electron chi connectivity index (χ4n) is 3.44. The summed E-state index contributed by atoms with van der Waals surface area (Å²) >= 11 is 0. The zero-order valence-electron chi connectivity index (χ0n) is 16.5. The first-order chi connectivity index (χ1) is 13.8. The van der Waals surface area contributed by atoms with E-state index in [1.165, 1.54) is 12.1 Å². The van der Waals surface area contributed by atoms with Crippen molar-refractivity contribution in [1.82, 2.24) is 25.2 Å². The number of aromatic nitrogens is 4. The number of halogens is 1. The third-order valence-corrected chi connectivity index (χ3v) is 4.87. The summed E-state index contributed by atoms with van der Waals surface area (Å²) in [5.74, 6) is -0.619. The van der Waals surface area contributed by atoms with E-state index in [2.05, 4.69) is 20.6 Å². The molecule has 0 spiro atoms. The predicted molar refractivity (Wildman–Crippen MR) is 106 cm³/mol. The minimum absolute atomic E-state index is 0.242. The number of carbonyl (C=O) groups excluding carboxylic acids is 1. The van der Waals surface area contributed by atoms with Crippen molar-refractivity contribution >= 4 is 17.0 Å². The number of pyridine rings is 1. The van der Waals surface area contributed by atoms with Crippen molar-refractivity contribution in [1.29, 1.82) is 0 Å². The van der Waals surface area contributed by atoms with Gasteiger partial charge in [0.15, 0.2) is 0 Å². The van der Waals surface area contributed by atoms with Gasteiger partial charge in [-0.2, -0.15) is 5.10 Å². The van der Waals surface area contributed by atoms with Gasteiger partial charge in [-0.3, -0.25) is 9.48 Å². The van der Waals surface area contributed by atoms with Crippen molar-refractivity contribution in [3.63, 3.8) is 0 Å². The number of carbonyl (C=O) groups is 1. The van der Waals surface area contributed by atoms with Crippen molar-refractivity contribution < 1.29 is 13.7 Å². The average molecular weight is 393 g/mol. The topological polar surface area (TPSA) is 85.8 Å². The van der Waals surface area contributed by atoms with Crippen molar-refractivity contribution in [3.05, 3.63) is 64.9 Å². The molecule has 4 rings (SSSR count). The van der Waals surface area contributed by atoms with E-state index in [1.54, 1.807) is 29.8 Å². The van der Waals surface area contributed by atoms with Crippen LogP contribution >= 0.6 is 0 Å². The Morgan fingerprint density at radius 2 is 1.93 bits per heavy atom. The van der Waals surface area contributed by atoms with Gasteiger partial charge in [-0.15, -0.1) is 0 Å². The second-order valence-corrected chi connectivity index (χ2v) is 7.05. The van der Waals surface area contributed by atoms with Crippen LogP contribution < -0.4 is 5.32 Å². The molecule has 0 aliphatic carbocycles. The lowest BCUT2D eigenvalue weighted by Crippen LogP contribution is -2.27. The van der Waals surface area contributed by atoms with Crippen LogP contribution in [0.2, 0.25) is 0 Å². The zero-order chi connectivity index (χ0) is 20.7. The van der Waals surface area contributed by atoms with Crippen molar-refractivity contribution in [2.75, 3.05) is 0 Å². The quantitative estimate of drug-likeness (QED) is 0.569. The summed E-state index contributed by atoms with van der Waals surface area (Å²) in [4.78, 5) is 17.6. The zero-order valence-corrected chi connectivity index (χ0v) is 16.5. The fraction of sp³-hybridized carbons (Fsp3) is 0.238. The molecular weight excluding hydrogens is 373 g/mol.